The van der Waals surface area contributed by atoms with E-state index in [1.165, 1.54) is 5.57 Å². The zero-order valence-electron chi connectivity index (χ0n) is 12.3. The van der Waals surface area contributed by atoms with Crippen molar-refractivity contribution >= 4 is 11.6 Å². The lowest BCUT2D eigenvalue weighted by molar-refractivity contribution is -0.132. The Bertz CT molecular complexity index is 621. The van der Waals surface area contributed by atoms with Gasteiger partial charge in [-0.25, -0.2) is 0 Å². The summed E-state index contributed by atoms with van der Waals surface area (Å²) in [5.74, 6) is 0.902. The molecule has 21 heavy (non-hydrogen) atoms. The minimum atomic E-state index is -0.661. The van der Waals surface area contributed by atoms with Gasteiger partial charge in [-0.3, -0.25) is 4.79 Å². The van der Waals surface area contributed by atoms with E-state index in [0.29, 0.717) is 0 Å². The molecule has 3 aliphatic rings. The van der Waals surface area contributed by atoms with Gasteiger partial charge in [0.25, 0.3) is 5.91 Å². The van der Waals surface area contributed by atoms with Crippen molar-refractivity contribution in [2.75, 3.05) is 12.0 Å². The molecule has 4 rings (SSSR count). The Labute approximate surface area is 124 Å². The fourth-order valence-corrected chi connectivity index (χ4v) is 3.97. The van der Waals surface area contributed by atoms with Crippen molar-refractivity contribution in [3.05, 3.63) is 35.9 Å². The van der Waals surface area contributed by atoms with E-state index in [-0.39, 0.29) is 18.1 Å². The van der Waals surface area contributed by atoms with E-state index >= 15 is 0 Å². The van der Waals surface area contributed by atoms with Gasteiger partial charge in [0.05, 0.1) is 19.3 Å². The van der Waals surface area contributed by atoms with Gasteiger partial charge in [-0.1, -0.05) is 13.0 Å². The van der Waals surface area contributed by atoms with Gasteiger partial charge in [-0.2, -0.15) is 0 Å². The maximum Gasteiger partial charge on any atom is 0.264 e. The molecule has 1 aromatic carbocycles. The van der Waals surface area contributed by atoms with Crippen molar-refractivity contribution < 1.29 is 14.3 Å². The van der Waals surface area contributed by atoms with E-state index in [9.17, 15) is 4.79 Å². The molecule has 0 saturated carbocycles. The van der Waals surface area contributed by atoms with E-state index in [1.807, 2.05) is 29.2 Å². The van der Waals surface area contributed by atoms with E-state index in [2.05, 4.69) is 13.0 Å². The first kappa shape index (κ1) is 12.9. The van der Waals surface area contributed by atoms with Crippen LogP contribution >= 0.6 is 0 Å². The predicted molar refractivity (Wildman–Crippen MR) is 79.5 cm³/mol. The highest BCUT2D eigenvalue weighted by Gasteiger charge is 2.62. The number of ether oxygens (including phenoxy) is 2. The van der Waals surface area contributed by atoms with Crippen LogP contribution in [0.3, 0.4) is 0 Å². The summed E-state index contributed by atoms with van der Waals surface area (Å²) < 4.78 is 11.2. The van der Waals surface area contributed by atoms with Crippen molar-refractivity contribution in [2.45, 2.75) is 43.9 Å². The first-order valence-corrected chi connectivity index (χ1v) is 7.57. The molecule has 0 aliphatic carbocycles. The van der Waals surface area contributed by atoms with Gasteiger partial charge in [0.15, 0.2) is 5.60 Å². The Morgan fingerprint density at radius 2 is 2.14 bits per heavy atom. The van der Waals surface area contributed by atoms with Crippen LogP contribution in [0.25, 0.3) is 0 Å². The van der Waals surface area contributed by atoms with Crippen LogP contribution in [0.15, 0.2) is 35.9 Å². The van der Waals surface area contributed by atoms with E-state index in [4.69, 9.17) is 9.47 Å². The molecule has 1 amide bonds. The molecule has 0 radical (unpaired) electrons. The number of rotatable bonds is 3. The van der Waals surface area contributed by atoms with Gasteiger partial charge in [0.1, 0.15) is 5.75 Å². The Kier molecular flexibility index (Phi) is 2.67. The normalized spacial score (nSPS) is 33.3. The monoisotopic (exact) mass is 285 g/mol. The first-order valence-electron chi connectivity index (χ1n) is 7.57. The molecule has 0 N–H and O–H groups in total. The number of carbonyl (C=O) groups excluding carboxylic acids is 1. The number of carbonyl (C=O) groups is 1. The zero-order valence-corrected chi connectivity index (χ0v) is 12.3. The Morgan fingerprint density at radius 1 is 1.38 bits per heavy atom. The fraction of sp³-hybridized carbons (Fsp3) is 0.471. The second-order valence-corrected chi connectivity index (χ2v) is 5.94. The Morgan fingerprint density at radius 3 is 2.76 bits per heavy atom. The number of anilines is 1. The van der Waals surface area contributed by atoms with Crippen LogP contribution in [-0.2, 0) is 9.53 Å². The largest absolute Gasteiger partial charge is 0.497 e. The van der Waals surface area contributed by atoms with Crippen LogP contribution in [0.5, 0.6) is 5.75 Å². The summed E-state index contributed by atoms with van der Waals surface area (Å²) in [7, 11) is 1.64. The topological polar surface area (TPSA) is 38.8 Å². The molecule has 3 atom stereocenters. The molecule has 3 heterocycles. The average molecular weight is 285 g/mol. The number of fused-ring (bicyclic) bond motifs is 1. The van der Waals surface area contributed by atoms with Gasteiger partial charge < -0.3 is 14.4 Å². The third-order valence-corrected chi connectivity index (χ3v) is 4.94. The van der Waals surface area contributed by atoms with E-state index in [0.717, 1.165) is 30.7 Å². The number of amides is 1. The average Bonchev–Trinajstić information content (AvgIpc) is 3.17. The summed E-state index contributed by atoms with van der Waals surface area (Å²) in [6, 6.07) is 7.81. The molecule has 1 aromatic rings. The molecule has 110 valence electrons. The van der Waals surface area contributed by atoms with E-state index in [1.54, 1.807) is 7.11 Å². The third kappa shape index (κ3) is 1.57. The third-order valence-electron chi connectivity index (χ3n) is 4.94. The van der Waals surface area contributed by atoms with Crippen LogP contribution in [-0.4, -0.2) is 30.8 Å². The van der Waals surface area contributed by atoms with Gasteiger partial charge in [0, 0.05) is 5.69 Å². The van der Waals surface area contributed by atoms with Crippen molar-refractivity contribution in [3.63, 3.8) is 0 Å². The SMILES string of the molecule is CCC1C2=CC3CCC2(O3)C(=O)N1c1ccc(OC)cc1. The Balaban J connectivity index is 1.76. The highest BCUT2D eigenvalue weighted by atomic mass is 16.5. The molecule has 0 aromatic heterocycles. The number of nitrogens with zero attached hydrogens (tertiary/aromatic N) is 1. The standard InChI is InChI=1S/C17H19NO3/c1-3-15-14-10-13-8-9-17(14,21-13)16(19)18(15)11-4-6-12(20-2)7-5-11/h4-7,10,13,15H,3,8-9H2,1-2H3. The molecule has 4 nitrogen and oxygen atoms in total. The van der Waals surface area contributed by atoms with Crippen LogP contribution in [0.2, 0.25) is 0 Å². The van der Waals surface area contributed by atoms with Crippen molar-refractivity contribution in [1.82, 2.24) is 0 Å². The molecule has 4 heteroatoms. The predicted octanol–water partition coefficient (Wildman–Crippen LogP) is 2.68. The smallest absolute Gasteiger partial charge is 0.264 e. The number of hydrogen-bond donors (Lipinski definition) is 0. The molecular formula is C17H19NO3. The summed E-state index contributed by atoms with van der Waals surface area (Å²) in [6.45, 7) is 2.13. The molecule has 3 aliphatic heterocycles. The maximum absolute atomic E-state index is 13.0. The molecule has 1 spiro atoms. The second-order valence-electron chi connectivity index (χ2n) is 5.94. The zero-order chi connectivity index (χ0) is 14.6. The highest BCUT2D eigenvalue weighted by molar-refractivity contribution is 6.07. The fourth-order valence-electron chi connectivity index (χ4n) is 3.97. The van der Waals surface area contributed by atoms with Gasteiger partial charge in [-0.15, -0.1) is 0 Å². The van der Waals surface area contributed by atoms with Crippen molar-refractivity contribution in [3.8, 4) is 5.75 Å². The summed E-state index contributed by atoms with van der Waals surface area (Å²) in [4.78, 5) is 14.9. The van der Waals surface area contributed by atoms with Gasteiger partial charge >= 0.3 is 0 Å². The minimum absolute atomic E-state index is 0.103. The molecule has 2 bridgehead atoms. The lowest BCUT2D eigenvalue weighted by Gasteiger charge is -2.24. The summed E-state index contributed by atoms with van der Waals surface area (Å²) in [5, 5.41) is 0. The summed E-state index contributed by atoms with van der Waals surface area (Å²) in [6.07, 6.45) is 5.02. The van der Waals surface area contributed by atoms with E-state index < -0.39 is 5.60 Å². The van der Waals surface area contributed by atoms with Crippen molar-refractivity contribution in [2.24, 2.45) is 0 Å². The van der Waals surface area contributed by atoms with Crippen LogP contribution in [0.1, 0.15) is 26.2 Å². The maximum atomic E-state index is 13.0. The lowest BCUT2D eigenvalue weighted by Crippen LogP contribution is -2.40. The van der Waals surface area contributed by atoms with Gasteiger partial charge in [0.2, 0.25) is 0 Å². The molecular weight excluding hydrogens is 266 g/mol. The summed E-state index contributed by atoms with van der Waals surface area (Å²) >= 11 is 0. The molecule has 2 fully saturated rings. The number of methoxy groups -OCH3 is 1. The number of hydrogen-bond acceptors (Lipinski definition) is 3. The van der Waals surface area contributed by atoms with Crippen LogP contribution in [0.4, 0.5) is 5.69 Å². The molecule has 3 unspecified atom stereocenters. The second kappa shape index (κ2) is 4.34. The first-order chi connectivity index (χ1) is 10.2. The lowest BCUT2D eigenvalue weighted by atomic mass is 9.85. The quantitative estimate of drug-likeness (QED) is 0.801. The summed E-state index contributed by atoms with van der Waals surface area (Å²) in [5.41, 5.74) is 1.44. The number of benzene rings is 1. The van der Waals surface area contributed by atoms with Crippen LogP contribution < -0.4 is 9.64 Å². The highest BCUT2D eigenvalue weighted by Crippen LogP contribution is 2.52. The minimum Gasteiger partial charge on any atom is -0.497 e. The van der Waals surface area contributed by atoms with Crippen molar-refractivity contribution in [1.29, 1.82) is 0 Å². The van der Waals surface area contributed by atoms with Crippen LogP contribution in [0, 0.1) is 0 Å². The van der Waals surface area contributed by atoms with Gasteiger partial charge in [-0.05, 0) is 49.1 Å². The molecule has 2 saturated heterocycles. The Hall–Kier alpha value is -1.81.